The average Bonchev–Trinajstić information content (AvgIpc) is 2.38. The third-order valence-electron chi connectivity index (χ3n) is 2.70. The van der Waals surface area contributed by atoms with Crippen molar-refractivity contribution in [3.63, 3.8) is 0 Å². The smallest absolute Gasteiger partial charge is 0.216 e. The van der Waals surface area contributed by atoms with Crippen LogP contribution >= 0.6 is 0 Å². The molecule has 3 nitrogen and oxygen atoms in total. The van der Waals surface area contributed by atoms with E-state index in [9.17, 15) is 4.79 Å². The molecular formula is C15H16N2O. The van der Waals surface area contributed by atoms with Gasteiger partial charge in [0.25, 0.3) is 0 Å². The second kappa shape index (κ2) is 5.96. The Labute approximate surface area is 107 Å². The van der Waals surface area contributed by atoms with Crippen LogP contribution < -0.4 is 5.32 Å². The molecule has 18 heavy (non-hydrogen) atoms. The molecule has 0 fully saturated rings. The Morgan fingerprint density at radius 2 is 2.28 bits per heavy atom. The SMILES string of the molecule is CC(=O)NCCC=Cc1cccc2ccncc12. The first kappa shape index (κ1) is 12.3. The number of aromatic nitrogens is 1. The van der Waals surface area contributed by atoms with Gasteiger partial charge >= 0.3 is 0 Å². The number of hydrogen-bond acceptors (Lipinski definition) is 2. The summed E-state index contributed by atoms with van der Waals surface area (Å²) in [5, 5.41) is 5.10. The normalized spacial score (nSPS) is 10.9. The van der Waals surface area contributed by atoms with Crippen molar-refractivity contribution in [1.29, 1.82) is 0 Å². The van der Waals surface area contributed by atoms with Crippen molar-refractivity contribution in [1.82, 2.24) is 10.3 Å². The summed E-state index contributed by atoms with van der Waals surface area (Å²) in [6, 6.07) is 8.18. The number of nitrogens with one attached hydrogen (secondary N) is 1. The highest BCUT2D eigenvalue weighted by molar-refractivity contribution is 5.89. The number of pyridine rings is 1. The molecule has 0 aliphatic carbocycles. The molecule has 1 amide bonds. The van der Waals surface area contributed by atoms with Gasteiger partial charge in [-0.3, -0.25) is 9.78 Å². The number of carbonyl (C=O) groups excluding carboxylic acids is 1. The second-order valence-corrected chi connectivity index (χ2v) is 4.12. The Morgan fingerprint density at radius 3 is 3.11 bits per heavy atom. The van der Waals surface area contributed by atoms with Crippen LogP contribution in [0.25, 0.3) is 16.8 Å². The predicted octanol–water partition coefficient (Wildman–Crippen LogP) is 2.77. The van der Waals surface area contributed by atoms with Gasteiger partial charge in [0, 0.05) is 31.2 Å². The molecule has 2 rings (SSSR count). The molecule has 1 N–H and O–H groups in total. The lowest BCUT2D eigenvalue weighted by Gasteiger charge is -2.01. The average molecular weight is 240 g/mol. The van der Waals surface area contributed by atoms with Crippen molar-refractivity contribution in [2.75, 3.05) is 6.54 Å². The van der Waals surface area contributed by atoms with Crippen LogP contribution in [-0.4, -0.2) is 17.4 Å². The van der Waals surface area contributed by atoms with Crippen molar-refractivity contribution in [3.05, 3.63) is 48.3 Å². The zero-order valence-corrected chi connectivity index (χ0v) is 10.4. The van der Waals surface area contributed by atoms with E-state index in [-0.39, 0.29) is 5.91 Å². The van der Waals surface area contributed by atoms with Crippen LogP contribution in [0.1, 0.15) is 18.9 Å². The summed E-state index contributed by atoms with van der Waals surface area (Å²) in [5.74, 6) is 0.0118. The Bertz CT molecular complexity index is 570. The van der Waals surface area contributed by atoms with E-state index in [0.29, 0.717) is 6.54 Å². The molecule has 2 aromatic rings. The molecule has 1 aromatic heterocycles. The van der Waals surface area contributed by atoms with Crippen molar-refractivity contribution in [2.24, 2.45) is 0 Å². The first-order valence-corrected chi connectivity index (χ1v) is 6.01. The summed E-state index contributed by atoms with van der Waals surface area (Å²) in [6.07, 6.45) is 8.65. The molecule has 0 saturated carbocycles. The van der Waals surface area contributed by atoms with Gasteiger partial charge in [0.15, 0.2) is 0 Å². The summed E-state index contributed by atoms with van der Waals surface area (Å²) in [5.41, 5.74) is 1.16. The molecule has 0 unspecified atom stereocenters. The molecule has 1 aromatic carbocycles. The van der Waals surface area contributed by atoms with Gasteiger partial charge in [-0.05, 0) is 23.4 Å². The molecule has 0 aliphatic rings. The first-order valence-electron chi connectivity index (χ1n) is 6.01. The summed E-state index contributed by atoms with van der Waals surface area (Å²) in [4.78, 5) is 14.9. The van der Waals surface area contributed by atoms with E-state index in [1.54, 1.807) is 6.20 Å². The Hall–Kier alpha value is -2.16. The fraction of sp³-hybridized carbons (Fsp3) is 0.200. The monoisotopic (exact) mass is 240 g/mol. The van der Waals surface area contributed by atoms with E-state index in [1.807, 2.05) is 18.3 Å². The van der Waals surface area contributed by atoms with Gasteiger partial charge in [0.2, 0.25) is 5.91 Å². The summed E-state index contributed by atoms with van der Waals surface area (Å²) >= 11 is 0. The third-order valence-corrected chi connectivity index (χ3v) is 2.70. The Morgan fingerprint density at radius 1 is 1.39 bits per heavy atom. The first-order chi connectivity index (χ1) is 8.77. The van der Waals surface area contributed by atoms with Gasteiger partial charge in [0.05, 0.1) is 0 Å². The maximum absolute atomic E-state index is 10.7. The maximum Gasteiger partial charge on any atom is 0.216 e. The molecule has 0 bridgehead atoms. The highest BCUT2D eigenvalue weighted by Gasteiger charge is 1.96. The minimum Gasteiger partial charge on any atom is -0.356 e. The zero-order chi connectivity index (χ0) is 12.8. The lowest BCUT2D eigenvalue weighted by Crippen LogP contribution is -2.20. The molecular weight excluding hydrogens is 224 g/mol. The van der Waals surface area contributed by atoms with Gasteiger partial charge in [-0.15, -0.1) is 0 Å². The van der Waals surface area contributed by atoms with Crippen LogP contribution in [0.4, 0.5) is 0 Å². The topological polar surface area (TPSA) is 42.0 Å². The van der Waals surface area contributed by atoms with Crippen LogP contribution in [0.15, 0.2) is 42.7 Å². The van der Waals surface area contributed by atoms with Crippen molar-refractivity contribution in [2.45, 2.75) is 13.3 Å². The van der Waals surface area contributed by atoms with Gasteiger partial charge in [-0.2, -0.15) is 0 Å². The Balaban J connectivity index is 2.07. The minimum absolute atomic E-state index is 0.0118. The van der Waals surface area contributed by atoms with Gasteiger partial charge in [-0.1, -0.05) is 30.4 Å². The van der Waals surface area contributed by atoms with Gasteiger partial charge in [-0.25, -0.2) is 0 Å². The van der Waals surface area contributed by atoms with Gasteiger partial charge < -0.3 is 5.32 Å². The highest BCUT2D eigenvalue weighted by atomic mass is 16.1. The molecule has 92 valence electrons. The minimum atomic E-state index is 0.0118. The fourth-order valence-electron chi connectivity index (χ4n) is 1.82. The third kappa shape index (κ3) is 3.17. The maximum atomic E-state index is 10.7. The lowest BCUT2D eigenvalue weighted by molar-refractivity contribution is -0.118. The number of hydrogen-bond donors (Lipinski definition) is 1. The van der Waals surface area contributed by atoms with Gasteiger partial charge in [0.1, 0.15) is 0 Å². The van der Waals surface area contributed by atoms with Crippen LogP contribution in [0.3, 0.4) is 0 Å². The fourth-order valence-corrected chi connectivity index (χ4v) is 1.82. The molecule has 0 spiro atoms. The van der Waals surface area contributed by atoms with Crippen molar-refractivity contribution < 1.29 is 4.79 Å². The number of fused-ring (bicyclic) bond motifs is 1. The Kier molecular flexibility index (Phi) is 4.07. The zero-order valence-electron chi connectivity index (χ0n) is 10.4. The van der Waals surface area contributed by atoms with Crippen LogP contribution in [-0.2, 0) is 4.79 Å². The molecule has 3 heteroatoms. The molecule has 0 saturated heterocycles. The standard InChI is InChI=1S/C15H16N2O/c1-12(18)17-9-3-2-5-13-6-4-7-14-8-10-16-11-15(13)14/h2,4-8,10-11H,3,9H2,1H3,(H,17,18). The largest absolute Gasteiger partial charge is 0.356 e. The van der Waals surface area contributed by atoms with Crippen molar-refractivity contribution in [3.8, 4) is 0 Å². The van der Waals surface area contributed by atoms with E-state index in [1.165, 1.54) is 12.3 Å². The predicted molar refractivity (Wildman–Crippen MR) is 74.1 cm³/mol. The molecule has 0 radical (unpaired) electrons. The van der Waals surface area contributed by atoms with Crippen molar-refractivity contribution >= 4 is 22.8 Å². The molecule has 0 aliphatic heterocycles. The number of benzene rings is 1. The number of nitrogens with zero attached hydrogens (tertiary/aromatic N) is 1. The summed E-state index contributed by atoms with van der Waals surface area (Å²) < 4.78 is 0. The van der Waals surface area contributed by atoms with Crippen LogP contribution in [0.5, 0.6) is 0 Å². The van der Waals surface area contributed by atoms with E-state index < -0.39 is 0 Å². The second-order valence-electron chi connectivity index (χ2n) is 4.12. The van der Waals surface area contributed by atoms with E-state index in [0.717, 1.165) is 17.4 Å². The van der Waals surface area contributed by atoms with E-state index >= 15 is 0 Å². The number of amides is 1. The number of carbonyl (C=O) groups is 1. The number of rotatable bonds is 4. The van der Waals surface area contributed by atoms with Crippen LogP contribution in [0.2, 0.25) is 0 Å². The van der Waals surface area contributed by atoms with E-state index in [2.05, 4.69) is 34.6 Å². The molecule has 1 heterocycles. The van der Waals surface area contributed by atoms with Crippen LogP contribution in [0, 0.1) is 0 Å². The lowest BCUT2D eigenvalue weighted by atomic mass is 10.1. The highest BCUT2D eigenvalue weighted by Crippen LogP contribution is 2.18. The summed E-state index contributed by atoms with van der Waals surface area (Å²) in [7, 11) is 0. The molecule has 0 atom stereocenters. The quantitative estimate of drug-likeness (QED) is 0.835. The van der Waals surface area contributed by atoms with E-state index in [4.69, 9.17) is 0 Å². The summed E-state index contributed by atoms with van der Waals surface area (Å²) in [6.45, 7) is 2.20.